The van der Waals surface area contributed by atoms with E-state index in [1.807, 2.05) is 0 Å². The first-order chi connectivity index (χ1) is 9.95. The zero-order valence-corrected chi connectivity index (χ0v) is 11.9. The molecule has 3 rings (SSSR count). The molecule has 0 saturated carbocycles. The molecule has 0 amide bonds. The minimum absolute atomic E-state index is 0.0202. The first kappa shape index (κ1) is 13.7. The summed E-state index contributed by atoms with van der Waals surface area (Å²) < 4.78 is 26.6. The molecule has 4 nitrogen and oxygen atoms in total. The summed E-state index contributed by atoms with van der Waals surface area (Å²) in [4.78, 5) is 28.7. The summed E-state index contributed by atoms with van der Waals surface area (Å²) in [5, 5.41) is 0. The minimum atomic E-state index is -1.09. The average Bonchev–Trinajstić information content (AvgIpc) is 2.79. The lowest BCUT2D eigenvalue weighted by Gasteiger charge is -2.05. The third-order valence-electron chi connectivity index (χ3n) is 3.03. The molecule has 1 aromatic heterocycles. The smallest absolute Gasteiger partial charge is 0.306 e. The highest BCUT2D eigenvalue weighted by Crippen LogP contribution is 2.24. The lowest BCUT2D eigenvalue weighted by Crippen LogP contribution is -2.04. The van der Waals surface area contributed by atoms with E-state index < -0.39 is 23.1 Å². The van der Waals surface area contributed by atoms with E-state index in [-0.39, 0.29) is 11.1 Å². The molecule has 106 valence electrons. The Labute approximate surface area is 124 Å². The summed E-state index contributed by atoms with van der Waals surface area (Å²) in [5.74, 6) is -2.59. The van der Waals surface area contributed by atoms with Crippen LogP contribution in [0.2, 0.25) is 0 Å². The van der Waals surface area contributed by atoms with Gasteiger partial charge in [0.15, 0.2) is 17.4 Å². The van der Waals surface area contributed by atoms with Gasteiger partial charge in [0.2, 0.25) is 0 Å². The number of hydrogen-bond acceptors (Lipinski definition) is 2. The van der Waals surface area contributed by atoms with Crippen molar-refractivity contribution in [2.24, 2.45) is 0 Å². The van der Waals surface area contributed by atoms with Crippen molar-refractivity contribution in [2.45, 2.75) is 0 Å². The van der Waals surface area contributed by atoms with Crippen molar-refractivity contribution in [3.05, 3.63) is 68.1 Å². The Morgan fingerprint density at radius 2 is 1.67 bits per heavy atom. The van der Waals surface area contributed by atoms with Crippen molar-refractivity contribution in [3.8, 4) is 0 Å². The fourth-order valence-electron chi connectivity index (χ4n) is 2.02. The number of carbonyl (C=O) groups is 1. The Bertz CT molecular complexity index is 930. The monoisotopic (exact) mass is 352 g/mol. The molecule has 7 heteroatoms. The zero-order chi connectivity index (χ0) is 15.1. The van der Waals surface area contributed by atoms with Gasteiger partial charge in [-0.2, -0.15) is 0 Å². The van der Waals surface area contributed by atoms with Crippen LogP contribution in [0.25, 0.3) is 11.0 Å². The Morgan fingerprint density at radius 3 is 2.33 bits per heavy atom. The molecule has 3 aromatic rings. The molecular formula is C14H7BrF2N2O2. The van der Waals surface area contributed by atoms with Crippen LogP contribution in [-0.2, 0) is 0 Å². The molecule has 0 fully saturated rings. The molecule has 0 aliphatic rings. The van der Waals surface area contributed by atoms with Gasteiger partial charge in [-0.3, -0.25) is 4.79 Å². The van der Waals surface area contributed by atoms with Gasteiger partial charge >= 0.3 is 5.69 Å². The fourth-order valence-corrected chi connectivity index (χ4v) is 2.55. The highest BCUT2D eigenvalue weighted by atomic mass is 79.9. The molecule has 0 radical (unpaired) electrons. The Kier molecular flexibility index (Phi) is 3.21. The number of H-pyrrole nitrogens is 2. The van der Waals surface area contributed by atoms with Crippen LogP contribution < -0.4 is 5.69 Å². The number of hydrogen-bond donors (Lipinski definition) is 2. The van der Waals surface area contributed by atoms with Gasteiger partial charge in [-0.05, 0) is 46.3 Å². The molecule has 0 bridgehead atoms. The van der Waals surface area contributed by atoms with Gasteiger partial charge in [0.05, 0.1) is 11.0 Å². The van der Waals surface area contributed by atoms with Crippen LogP contribution in [0, 0.1) is 11.6 Å². The van der Waals surface area contributed by atoms with Crippen molar-refractivity contribution in [2.75, 3.05) is 0 Å². The molecule has 0 atom stereocenters. The van der Waals surface area contributed by atoms with Gasteiger partial charge in [-0.1, -0.05) is 0 Å². The molecule has 0 unspecified atom stereocenters. The van der Waals surface area contributed by atoms with Crippen LogP contribution >= 0.6 is 15.9 Å². The number of fused-ring (bicyclic) bond motifs is 1. The summed E-state index contributed by atoms with van der Waals surface area (Å²) in [7, 11) is 0. The highest BCUT2D eigenvalue weighted by Gasteiger charge is 2.16. The number of rotatable bonds is 2. The van der Waals surface area contributed by atoms with Gasteiger partial charge < -0.3 is 9.97 Å². The summed E-state index contributed by atoms with van der Waals surface area (Å²) in [6, 6.07) is 5.99. The van der Waals surface area contributed by atoms with Crippen LogP contribution in [0.5, 0.6) is 0 Å². The number of benzene rings is 2. The van der Waals surface area contributed by atoms with Crippen LogP contribution in [0.4, 0.5) is 8.78 Å². The van der Waals surface area contributed by atoms with Crippen LogP contribution in [-0.4, -0.2) is 15.8 Å². The molecule has 0 aliphatic heterocycles. The fraction of sp³-hybridized carbons (Fsp3) is 0. The molecule has 1 heterocycles. The zero-order valence-electron chi connectivity index (χ0n) is 10.3. The van der Waals surface area contributed by atoms with Crippen LogP contribution in [0.15, 0.2) is 39.6 Å². The Balaban J connectivity index is 2.14. The lowest BCUT2D eigenvalue weighted by atomic mass is 10.0. The maximum absolute atomic E-state index is 13.2. The summed E-state index contributed by atoms with van der Waals surface area (Å²) >= 11 is 3.23. The second-order valence-electron chi connectivity index (χ2n) is 4.41. The van der Waals surface area contributed by atoms with Crippen LogP contribution in [0.3, 0.4) is 0 Å². The number of ketones is 1. The number of imidazole rings is 1. The predicted octanol–water partition coefficient (Wildman–Crippen LogP) is 3.13. The van der Waals surface area contributed by atoms with Crippen molar-refractivity contribution in [1.82, 2.24) is 9.97 Å². The standard InChI is InChI=1S/C14H7BrF2N2O2/c15-8-5-12-11(18-14(21)19-12)4-7(8)13(20)6-1-2-9(16)10(17)3-6/h1-5H,(H2,18,19,21). The SMILES string of the molecule is O=C(c1ccc(F)c(F)c1)c1cc2[nH]c(=O)[nH]c2cc1Br. The van der Waals surface area contributed by atoms with E-state index >= 15 is 0 Å². The molecule has 0 saturated heterocycles. The van der Waals surface area contributed by atoms with E-state index in [0.29, 0.717) is 15.5 Å². The van der Waals surface area contributed by atoms with E-state index in [4.69, 9.17) is 0 Å². The van der Waals surface area contributed by atoms with Crippen molar-refractivity contribution < 1.29 is 13.6 Å². The normalized spacial score (nSPS) is 11.0. The summed E-state index contributed by atoms with van der Waals surface area (Å²) in [6.07, 6.45) is 0. The summed E-state index contributed by atoms with van der Waals surface area (Å²) in [5.41, 5.74) is 0.854. The third-order valence-corrected chi connectivity index (χ3v) is 3.69. The third kappa shape index (κ3) is 2.40. The van der Waals surface area contributed by atoms with Crippen molar-refractivity contribution in [1.29, 1.82) is 0 Å². The van der Waals surface area contributed by atoms with Crippen molar-refractivity contribution in [3.63, 3.8) is 0 Å². The topological polar surface area (TPSA) is 65.7 Å². The van der Waals surface area contributed by atoms with Crippen molar-refractivity contribution >= 4 is 32.7 Å². The van der Waals surface area contributed by atoms with E-state index in [9.17, 15) is 18.4 Å². The second-order valence-corrected chi connectivity index (χ2v) is 5.27. The molecule has 0 aliphatic carbocycles. The van der Waals surface area contributed by atoms with E-state index in [1.54, 1.807) is 6.07 Å². The first-order valence-electron chi connectivity index (χ1n) is 5.87. The van der Waals surface area contributed by atoms with Gasteiger partial charge in [-0.15, -0.1) is 0 Å². The van der Waals surface area contributed by atoms with E-state index in [2.05, 4.69) is 25.9 Å². The van der Waals surface area contributed by atoms with Gasteiger partial charge in [0, 0.05) is 15.6 Å². The molecular weight excluding hydrogens is 346 g/mol. The number of aromatic nitrogens is 2. The van der Waals surface area contributed by atoms with E-state index in [1.165, 1.54) is 12.1 Å². The summed E-state index contributed by atoms with van der Waals surface area (Å²) in [6.45, 7) is 0. The molecule has 0 spiro atoms. The molecule has 2 N–H and O–H groups in total. The number of aromatic amines is 2. The lowest BCUT2D eigenvalue weighted by molar-refractivity contribution is 0.103. The number of halogens is 3. The largest absolute Gasteiger partial charge is 0.323 e. The molecule has 2 aromatic carbocycles. The number of carbonyl (C=O) groups excluding carboxylic acids is 1. The van der Waals surface area contributed by atoms with Gasteiger partial charge in [0.1, 0.15) is 0 Å². The second kappa shape index (κ2) is 4.92. The maximum atomic E-state index is 13.2. The predicted molar refractivity (Wildman–Crippen MR) is 76.4 cm³/mol. The maximum Gasteiger partial charge on any atom is 0.323 e. The van der Waals surface area contributed by atoms with Gasteiger partial charge in [0.25, 0.3) is 0 Å². The first-order valence-corrected chi connectivity index (χ1v) is 6.66. The Morgan fingerprint density at radius 1 is 1.00 bits per heavy atom. The van der Waals surface area contributed by atoms with Crippen LogP contribution in [0.1, 0.15) is 15.9 Å². The average molecular weight is 353 g/mol. The molecule has 21 heavy (non-hydrogen) atoms. The highest BCUT2D eigenvalue weighted by molar-refractivity contribution is 9.10. The Hall–Kier alpha value is -2.28. The minimum Gasteiger partial charge on any atom is -0.306 e. The quantitative estimate of drug-likeness (QED) is 0.696. The number of nitrogens with one attached hydrogen (secondary N) is 2. The van der Waals surface area contributed by atoms with Gasteiger partial charge in [-0.25, -0.2) is 13.6 Å². The van der Waals surface area contributed by atoms with E-state index in [0.717, 1.165) is 12.1 Å².